The fraction of sp³-hybridized carbons (Fsp3) is 0.0556. The number of anilines is 2. The van der Waals surface area contributed by atoms with Crippen molar-refractivity contribution in [2.75, 3.05) is 9.44 Å². The number of aromatic nitrogens is 1. The molecule has 0 fully saturated rings. The standard InChI is InChI=1S/C18H16N4O6S2/c1-13-4-7-17(11-18(13)22(23)24)30(27,28)20-14-5-8-16(9-6-14)29(25,26)21-15-3-2-10-19-12-15/h2-12,20-21H,1H3. The van der Waals surface area contributed by atoms with Crippen LogP contribution in [-0.2, 0) is 20.0 Å². The topological polar surface area (TPSA) is 148 Å². The molecule has 1 aromatic heterocycles. The number of hydrogen-bond acceptors (Lipinski definition) is 7. The van der Waals surface area contributed by atoms with Gasteiger partial charge in [-0.25, -0.2) is 16.8 Å². The molecule has 10 nitrogen and oxygen atoms in total. The van der Waals surface area contributed by atoms with Crippen molar-refractivity contribution in [1.29, 1.82) is 0 Å². The molecule has 30 heavy (non-hydrogen) atoms. The normalized spacial score (nSPS) is 11.6. The van der Waals surface area contributed by atoms with Gasteiger partial charge in [0.05, 0.1) is 26.6 Å². The van der Waals surface area contributed by atoms with Crippen LogP contribution >= 0.6 is 0 Å². The van der Waals surface area contributed by atoms with Crippen molar-refractivity contribution >= 4 is 37.1 Å². The molecule has 0 unspecified atom stereocenters. The molecule has 0 saturated carbocycles. The molecular weight excluding hydrogens is 432 g/mol. The second kappa shape index (κ2) is 8.08. The fourth-order valence-corrected chi connectivity index (χ4v) is 4.63. The number of nitro benzene ring substituents is 1. The van der Waals surface area contributed by atoms with Crippen LogP contribution in [0.4, 0.5) is 17.1 Å². The van der Waals surface area contributed by atoms with Crippen LogP contribution in [0.25, 0.3) is 0 Å². The molecule has 0 saturated heterocycles. The zero-order chi connectivity index (χ0) is 21.9. The van der Waals surface area contributed by atoms with E-state index in [1.54, 1.807) is 6.07 Å². The Bertz CT molecular complexity index is 1290. The van der Waals surface area contributed by atoms with Gasteiger partial charge in [0.15, 0.2) is 0 Å². The number of nitrogens with one attached hydrogen (secondary N) is 2. The number of aryl methyl sites for hydroxylation is 1. The first-order valence-corrected chi connectivity index (χ1v) is 11.4. The average Bonchev–Trinajstić information content (AvgIpc) is 2.68. The summed E-state index contributed by atoms with van der Waals surface area (Å²) in [6.07, 6.45) is 2.85. The predicted octanol–water partition coefficient (Wildman–Crippen LogP) is 2.90. The maximum absolute atomic E-state index is 12.5. The van der Waals surface area contributed by atoms with E-state index in [1.165, 1.54) is 61.8 Å². The highest BCUT2D eigenvalue weighted by Gasteiger charge is 2.20. The second-order valence-corrected chi connectivity index (χ2v) is 9.55. The van der Waals surface area contributed by atoms with Crippen LogP contribution in [-0.4, -0.2) is 26.7 Å². The Morgan fingerprint density at radius 3 is 2.07 bits per heavy atom. The Morgan fingerprint density at radius 2 is 1.47 bits per heavy atom. The first kappa shape index (κ1) is 21.2. The number of nitrogens with zero attached hydrogens (tertiary/aromatic N) is 2. The van der Waals surface area contributed by atoms with Gasteiger partial charge in [-0.15, -0.1) is 0 Å². The van der Waals surface area contributed by atoms with Gasteiger partial charge in [-0.05, 0) is 49.4 Å². The van der Waals surface area contributed by atoms with Gasteiger partial charge in [-0.3, -0.25) is 24.5 Å². The molecule has 3 rings (SSSR count). The summed E-state index contributed by atoms with van der Waals surface area (Å²) in [6.45, 7) is 1.50. The predicted molar refractivity (Wildman–Crippen MR) is 110 cm³/mol. The Balaban J connectivity index is 1.81. The van der Waals surface area contributed by atoms with Gasteiger partial charge < -0.3 is 0 Å². The lowest BCUT2D eigenvalue weighted by molar-refractivity contribution is -0.385. The summed E-state index contributed by atoms with van der Waals surface area (Å²) in [4.78, 5) is 13.8. The molecule has 0 aliphatic heterocycles. The van der Waals surface area contributed by atoms with E-state index in [4.69, 9.17) is 0 Å². The second-order valence-electron chi connectivity index (χ2n) is 6.18. The van der Waals surface area contributed by atoms with E-state index in [0.29, 0.717) is 5.56 Å². The van der Waals surface area contributed by atoms with E-state index in [-0.39, 0.29) is 26.9 Å². The highest BCUT2D eigenvalue weighted by molar-refractivity contribution is 7.93. The van der Waals surface area contributed by atoms with Gasteiger partial charge in [0.1, 0.15) is 0 Å². The molecule has 0 bridgehead atoms. The summed E-state index contributed by atoms with van der Waals surface area (Å²) in [7, 11) is -8.00. The summed E-state index contributed by atoms with van der Waals surface area (Å²) in [5.74, 6) is 0. The third-order valence-corrected chi connectivity index (χ3v) is 6.79. The molecule has 2 aromatic carbocycles. The lowest BCUT2D eigenvalue weighted by Gasteiger charge is -2.10. The zero-order valence-electron chi connectivity index (χ0n) is 15.5. The maximum Gasteiger partial charge on any atom is 0.273 e. The first-order valence-electron chi connectivity index (χ1n) is 8.39. The SMILES string of the molecule is Cc1ccc(S(=O)(=O)Nc2ccc(S(=O)(=O)Nc3cccnc3)cc2)cc1[N+](=O)[O-]. The van der Waals surface area contributed by atoms with Gasteiger partial charge in [0.2, 0.25) is 0 Å². The van der Waals surface area contributed by atoms with E-state index in [2.05, 4.69) is 14.4 Å². The van der Waals surface area contributed by atoms with Crippen LogP contribution in [0.5, 0.6) is 0 Å². The highest BCUT2D eigenvalue weighted by atomic mass is 32.2. The number of sulfonamides is 2. The quantitative estimate of drug-likeness (QED) is 0.417. The number of rotatable bonds is 7. The molecular formula is C18H16N4O6S2. The highest BCUT2D eigenvalue weighted by Crippen LogP contribution is 2.24. The van der Waals surface area contributed by atoms with Crippen molar-refractivity contribution < 1.29 is 21.8 Å². The van der Waals surface area contributed by atoms with Gasteiger partial charge >= 0.3 is 0 Å². The molecule has 0 amide bonds. The molecule has 12 heteroatoms. The van der Waals surface area contributed by atoms with Gasteiger partial charge in [0, 0.05) is 23.5 Å². The third kappa shape index (κ3) is 4.72. The monoisotopic (exact) mass is 448 g/mol. The minimum atomic E-state index is -4.11. The zero-order valence-corrected chi connectivity index (χ0v) is 17.1. The number of pyridine rings is 1. The van der Waals surface area contributed by atoms with Crippen LogP contribution in [0.2, 0.25) is 0 Å². The molecule has 3 aromatic rings. The summed E-state index contributed by atoms with van der Waals surface area (Å²) in [5.41, 5.74) is 0.386. The van der Waals surface area contributed by atoms with E-state index in [1.807, 2.05) is 0 Å². The molecule has 0 aliphatic rings. The van der Waals surface area contributed by atoms with Crippen LogP contribution in [0.3, 0.4) is 0 Å². The van der Waals surface area contributed by atoms with E-state index in [0.717, 1.165) is 6.07 Å². The largest absolute Gasteiger partial charge is 0.280 e. The molecule has 0 atom stereocenters. The smallest absolute Gasteiger partial charge is 0.273 e. The first-order chi connectivity index (χ1) is 14.1. The minimum absolute atomic E-state index is 0.0831. The van der Waals surface area contributed by atoms with Gasteiger partial charge in [0.25, 0.3) is 25.7 Å². The summed E-state index contributed by atoms with van der Waals surface area (Å²) in [6, 6.07) is 11.7. The number of benzene rings is 2. The minimum Gasteiger partial charge on any atom is -0.280 e. The number of nitro groups is 1. The van der Waals surface area contributed by atoms with Crippen LogP contribution in [0.15, 0.2) is 76.8 Å². The van der Waals surface area contributed by atoms with Crippen molar-refractivity contribution in [1.82, 2.24) is 4.98 Å². The molecule has 0 aliphatic carbocycles. The van der Waals surface area contributed by atoms with Crippen LogP contribution in [0.1, 0.15) is 5.56 Å². The lowest BCUT2D eigenvalue weighted by atomic mass is 10.2. The van der Waals surface area contributed by atoms with Crippen LogP contribution in [0, 0.1) is 17.0 Å². The van der Waals surface area contributed by atoms with Crippen molar-refractivity contribution in [2.45, 2.75) is 16.7 Å². The molecule has 0 spiro atoms. The molecule has 0 radical (unpaired) electrons. The van der Waals surface area contributed by atoms with Crippen LogP contribution < -0.4 is 9.44 Å². The summed E-state index contributed by atoms with van der Waals surface area (Å²) in [5, 5.41) is 11.0. The maximum atomic E-state index is 12.5. The van der Waals surface area contributed by atoms with Gasteiger partial charge in [-0.1, -0.05) is 6.07 Å². The number of hydrogen-bond donors (Lipinski definition) is 2. The molecule has 156 valence electrons. The Labute approximate surface area is 172 Å². The van der Waals surface area contributed by atoms with Crippen molar-refractivity contribution in [2.24, 2.45) is 0 Å². The Morgan fingerprint density at radius 1 is 0.867 bits per heavy atom. The van der Waals surface area contributed by atoms with Crippen molar-refractivity contribution in [3.05, 3.63) is 82.7 Å². The summed E-state index contributed by atoms with van der Waals surface area (Å²) >= 11 is 0. The third-order valence-electron chi connectivity index (χ3n) is 4.02. The van der Waals surface area contributed by atoms with E-state index in [9.17, 15) is 26.9 Å². The summed E-state index contributed by atoms with van der Waals surface area (Å²) < 4.78 is 54.5. The molecule has 1 heterocycles. The molecule has 2 N–H and O–H groups in total. The Kier molecular flexibility index (Phi) is 5.71. The van der Waals surface area contributed by atoms with E-state index >= 15 is 0 Å². The fourth-order valence-electron chi connectivity index (χ4n) is 2.51. The Hall–Kier alpha value is -3.51. The van der Waals surface area contributed by atoms with Crippen molar-refractivity contribution in [3.8, 4) is 0 Å². The lowest BCUT2D eigenvalue weighted by Crippen LogP contribution is -2.15. The van der Waals surface area contributed by atoms with Crippen molar-refractivity contribution in [3.63, 3.8) is 0 Å². The van der Waals surface area contributed by atoms with Gasteiger partial charge in [-0.2, -0.15) is 0 Å². The van der Waals surface area contributed by atoms with E-state index < -0.39 is 25.0 Å². The average molecular weight is 448 g/mol.